The standard InChI is InChI=1S/C4H10BO2/c1-5-7-4-2-3-6/h6H,2-4H2,1H3. The number of aliphatic hydroxyl groups excluding tert-OH is 1. The van der Waals surface area contributed by atoms with Gasteiger partial charge in [0.15, 0.2) is 0 Å². The molecule has 41 valence electrons. The Morgan fingerprint density at radius 2 is 2.43 bits per heavy atom. The van der Waals surface area contributed by atoms with Crippen LogP contribution in [-0.4, -0.2) is 25.8 Å². The molecule has 0 bridgehead atoms. The first-order valence-corrected chi connectivity index (χ1v) is 2.42. The molecular formula is C4H10BO2. The van der Waals surface area contributed by atoms with Crippen LogP contribution in [0.15, 0.2) is 0 Å². The molecule has 7 heavy (non-hydrogen) atoms. The minimum Gasteiger partial charge on any atom is -0.441 e. The van der Waals surface area contributed by atoms with Gasteiger partial charge < -0.3 is 9.76 Å². The highest BCUT2D eigenvalue weighted by Crippen LogP contribution is 1.75. The van der Waals surface area contributed by atoms with Crippen molar-refractivity contribution in [1.82, 2.24) is 0 Å². The summed E-state index contributed by atoms with van der Waals surface area (Å²) in [6.07, 6.45) is 0.727. The third-order valence-corrected chi connectivity index (χ3v) is 0.587. The Morgan fingerprint density at radius 3 is 2.86 bits per heavy atom. The summed E-state index contributed by atoms with van der Waals surface area (Å²) in [6, 6.07) is 0. The zero-order valence-electron chi connectivity index (χ0n) is 4.55. The zero-order chi connectivity index (χ0) is 5.54. The Labute approximate surface area is 44.8 Å². The summed E-state index contributed by atoms with van der Waals surface area (Å²) >= 11 is 0. The summed E-state index contributed by atoms with van der Waals surface area (Å²) in [5.74, 6) is 0. The van der Waals surface area contributed by atoms with Gasteiger partial charge in [-0.05, 0) is 6.42 Å². The van der Waals surface area contributed by atoms with E-state index in [1.54, 1.807) is 7.48 Å². The van der Waals surface area contributed by atoms with Gasteiger partial charge >= 0.3 is 0 Å². The van der Waals surface area contributed by atoms with E-state index < -0.39 is 0 Å². The average Bonchev–Trinajstić information content (AvgIpc) is 1.69. The van der Waals surface area contributed by atoms with Crippen LogP contribution < -0.4 is 0 Å². The Morgan fingerprint density at radius 1 is 1.71 bits per heavy atom. The van der Waals surface area contributed by atoms with E-state index >= 15 is 0 Å². The van der Waals surface area contributed by atoms with E-state index in [9.17, 15) is 0 Å². The maximum atomic E-state index is 8.20. The third kappa shape index (κ3) is 5.98. The smallest absolute Gasteiger partial charge is 0.288 e. The van der Waals surface area contributed by atoms with Crippen LogP contribution in [0.2, 0.25) is 6.82 Å². The number of hydrogen-bond donors (Lipinski definition) is 1. The molecule has 2 nitrogen and oxygen atoms in total. The Hall–Kier alpha value is -0.0151. The molecule has 0 fully saturated rings. The maximum absolute atomic E-state index is 8.20. The molecule has 0 aliphatic rings. The zero-order valence-corrected chi connectivity index (χ0v) is 4.55. The summed E-state index contributed by atoms with van der Waals surface area (Å²) < 4.78 is 4.79. The van der Waals surface area contributed by atoms with Gasteiger partial charge in [0.2, 0.25) is 0 Å². The molecular weight excluding hydrogens is 90.9 g/mol. The van der Waals surface area contributed by atoms with Crippen molar-refractivity contribution in [3.05, 3.63) is 0 Å². The van der Waals surface area contributed by atoms with E-state index in [2.05, 4.69) is 0 Å². The summed E-state index contributed by atoms with van der Waals surface area (Å²) in [4.78, 5) is 0. The van der Waals surface area contributed by atoms with Crippen molar-refractivity contribution in [3.8, 4) is 0 Å². The molecule has 0 aromatic carbocycles. The van der Waals surface area contributed by atoms with Gasteiger partial charge in [0.1, 0.15) is 0 Å². The van der Waals surface area contributed by atoms with Crippen LogP contribution in [-0.2, 0) is 4.65 Å². The van der Waals surface area contributed by atoms with Crippen LogP contribution >= 0.6 is 0 Å². The van der Waals surface area contributed by atoms with Crippen molar-refractivity contribution in [2.24, 2.45) is 0 Å². The quantitative estimate of drug-likeness (QED) is 0.400. The Bertz CT molecular complexity index is 28.9. The van der Waals surface area contributed by atoms with Crippen molar-refractivity contribution in [2.45, 2.75) is 13.2 Å². The van der Waals surface area contributed by atoms with Crippen LogP contribution in [0.1, 0.15) is 6.42 Å². The summed E-state index contributed by atoms with van der Waals surface area (Å²) in [7, 11) is 1.62. The second-order valence-electron chi connectivity index (χ2n) is 1.18. The molecule has 0 saturated heterocycles. The number of rotatable bonds is 4. The minimum atomic E-state index is 0.216. The van der Waals surface area contributed by atoms with E-state index in [1.165, 1.54) is 0 Å². The van der Waals surface area contributed by atoms with Gasteiger partial charge in [-0.2, -0.15) is 0 Å². The van der Waals surface area contributed by atoms with E-state index in [4.69, 9.17) is 9.76 Å². The fraction of sp³-hybridized carbons (Fsp3) is 1.00. The van der Waals surface area contributed by atoms with Gasteiger partial charge in [-0.1, -0.05) is 6.82 Å². The molecule has 0 aliphatic heterocycles. The minimum absolute atomic E-state index is 0.216. The third-order valence-electron chi connectivity index (χ3n) is 0.587. The lowest BCUT2D eigenvalue weighted by Gasteiger charge is -1.93. The molecule has 0 spiro atoms. The van der Waals surface area contributed by atoms with Crippen molar-refractivity contribution in [2.75, 3.05) is 13.2 Å². The summed E-state index contributed by atoms with van der Waals surface area (Å²) in [5.41, 5.74) is 0. The predicted octanol–water partition coefficient (Wildman–Crippen LogP) is 0.0527. The fourth-order valence-corrected chi connectivity index (χ4v) is 0.266. The normalized spacial score (nSPS) is 8.86. The largest absolute Gasteiger partial charge is 0.441 e. The highest BCUT2D eigenvalue weighted by atomic mass is 16.4. The van der Waals surface area contributed by atoms with Crippen molar-refractivity contribution in [1.29, 1.82) is 0 Å². The molecule has 0 aromatic heterocycles. The van der Waals surface area contributed by atoms with Gasteiger partial charge in [-0.15, -0.1) is 0 Å². The molecule has 0 rings (SSSR count). The van der Waals surface area contributed by atoms with Crippen molar-refractivity contribution < 1.29 is 9.76 Å². The average molecular weight is 101 g/mol. The predicted molar refractivity (Wildman–Crippen MR) is 29.3 cm³/mol. The maximum Gasteiger partial charge on any atom is 0.288 e. The molecule has 0 unspecified atom stereocenters. The highest BCUT2D eigenvalue weighted by Gasteiger charge is 1.81. The lowest BCUT2D eigenvalue weighted by Crippen LogP contribution is -1.97. The monoisotopic (exact) mass is 101 g/mol. The fourth-order valence-electron chi connectivity index (χ4n) is 0.266. The lowest BCUT2D eigenvalue weighted by atomic mass is 10.1. The van der Waals surface area contributed by atoms with E-state index in [0.717, 1.165) is 6.42 Å². The first kappa shape index (κ1) is 6.98. The second-order valence-corrected chi connectivity index (χ2v) is 1.18. The molecule has 1 N–H and O–H groups in total. The SMILES string of the molecule is C[B]OCCCO. The van der Waals surface area contributed by atoms with Crippen LogP contribution in [0, 0.1) is 0 Å². The topological polar surface area (TPSA) is 29.5 Å². The van der Waals surface area contributed by atoms with Gasteiger partial charge in [0.05, 0.1) is 0 Å². The molecule has 0 saturated carbocycles. The van der Waals surface area contributed by atoms with Gasteiger partial charge in [-0.3, -0.25) is 0 Å². The van der Waals surface area contributed by atoms with Gasteiger partial charge in [0.25, 0.3) is 7.48 Å². The number of aliphatic hydroxyl groups is 1. The number of hydrogen-bond acceptors (Lipinski definition) is 2. The van der Waals surface area contributed by atoms with E-state index in [-0.39, 0.29) is 6.61 Å². The first-order valence-electron chi connectivity index (χ1n) is 2.42. The second kappa shape index (κ2) is 5.98. The van der Waals surface area contributed by atoms with Crippen LogP contribution in [0.3, 0.4) is 0 Å². The molecule has 0 heterocycles. The van der Waals surface area contributed by atoms with Crippen molar-refractivity contribution >= 4 is 7.48 Å². The Balaban J connectivity index is 2.45. The van der Waals surface area contributed by atoms with E-state index in [0.29, 0.717) is 6.61 Å². The Kier molecular flexibility index (Phi) is 5.97. The summed E-state index contributed by atoms with van der Waals surface area (Å²) in [6.45, 7) is 2.66. The summed E-state index contributed by atoms with van der Waals surface area (Å²) in [5, 5.41) is 8.20. The first-order chi connectivity index (χ1) is 3.41. The van der Waals surface area contributed by atoms with Crippen LogP contribution in [0.5, 0.6) is 0 Å². The molecule has 1 radical (unpaired) electrons. The molecule has 3 heteroatoms. The molecule has 0 atom stereocenters. The molecule has 0 amide bonds. The lowest BCUT2D eigenvalue weighted by molar-refractivity contribution is 0.239. The van der Waals surface area contributed by atoms with Gasteiger partial charge in [0, 0.05) is 13.2 Å². The van der Waals surface area contributed by atoms with E-state index in [1.807, 2.05) is 6.82 Å². The van der Waals surface area contributed by atoms with Crippen LogP contribution in [0.25, 0.3) is 0 Å². The van der Waals surface area contributed by atoms with Gasteiger partial charge in [-0.25, -0.2) is 0 Å². The molecule has 0 aliphatic carbocycles. The van der Waals surface area contributed by atoms with Crippen LogP contribution in [0.4, 0.5) is 0 Å². The highest BCUT2D eigenvalue weighted by molar-refractivity contribution is 6.24. The van der Waals surface area contributed by atoms with Crippen molar-refractivity contribution in [3.63, 3.8) is 0 Å². The molecule has 0 aromatic rings.